The molecule has 5 nitrogen and oxygen atoms in total. The minimum atomic E-state index is -3.81. The van der Waals surface area contributed by atoms with Crippen LogP contribution in [0.2, 0.25) is 5.02 Å². The Balaban J connectivity index is 2.04. The molecule has 3 rings (SSSR count). The molecule has 0 unspecified atom stereocenters. The molecule has 0 aromatic heterocycles. The maximum atomic E-state index is 13.8. The van der Waals surface area contributed by atoms with Crippen LogP contribution in [0.25, 0.3) is 0 Å². The van der Waals surface area contributed by atoms with Crippen molar-refractivity contribution in [1.29, 1.82) is 0 Å². The minimum absolute atomic E-state index is 0.149. The van der Waals surface area contributed by atoms with Gasteiger partial charge in [-0.1, -0.05) is 23.7 Å². The lowest BCUT2D eigenvalue weighted by Gasteiger charge is -2.37. The molecule has 1 aliphatic heterocycles. The largest absolute Gasteiger partial charge is 0.320 e. The molecule has 1 heterocycles. The molecule has 2 aromatic rings. The van der Waals surface area contributed by atoms with E-state index in [1.807, 2.05) is 7.05 Å². The Bertz CT molecular complexity index is 892. The predicted octanol–water partition coefficient (Wildman–Crippen LogP) is 3.68. The van der Waals surface area contributed by atoms with Gasteiger partial charge < -0.3 is 5.32 Å². The second-order valence-corrected chi connectivity index (χ2v) is 8.33. The summed E-state index contributed by atoms with van der Waals surface area (Å²) in [4.78, 5) is 0. The summed E-state index contributed by atoms with van der Waals surface area (Å²) in [6, 6.07) is 10.9. The number of nitrogens with one attached hydrogen (secondary N) is 1. The Hall–Kier alpha value is -1.67. The number of hydrogen-bond donors (Lipinski definition) is 1. The van der Waals surface area contributed by atoms with E-state index in [-0.39, 0.29) is 6.54 Å². The summed E-state index contributed by atoms with van der Waals surface area (Å²) in [5.41, 5.74) is 1.42. The number of hydrogen-bond acceptors (Lipinski definition) is 3. The van der Waals surface area contributed by atoms with Crippen molar-refractivity contribution in [1.82, 2.24) is 9.62 Å². The standard InChI is InChI=1S/C18H21ClFN3O2S/c1-21-10-4-5-11-22-13-14-12-15(20)8-9-17(14)23(26(22,24)25)18-7-3-2-6-16(18)19/h2-3,6-9,12,21H,4-5,10-11,13H2,1H3. The van der Waals surface area contributed by atoms with Crippen molar-refractivity contribution in [3.63, 3.8) is 0 Å². The molecular weight excluding hydrogens is 377 g/mol. The molecule has 0 radical (unpaired) electrons. The van der Waals surface area contributed by atoms with E-state index in [1.165, 1.54) is 26.8 Å². The third-order valence-corrected chi connectivity index (χ3v) is 6.46. The van der Waals surface area contributed by atoms with Crippen LogP contribution in [0.3, 0.4) is 0 Å². The number of para-hydroxylation sites is 1. The minimum Gasteiger partial charge on any atom is -0.320 e. The molecule has 26 heavy (non-hydrogen) atoms. The van der Waals surface area contributed by atoms with Gasteiger partial charge >= 0.3 is 10.2 Å². The number of nitrogens with zero attached hydrogens (tertiary/aromatic N) is 2. The third kappa shape index (κ3) is 3.71. The zero-order valence-corrected chi connectivity index (χ0v) is 16.0. The number of benzene rings is 2. The molecule has 0 spiro atoms. The fourth-order valence-electron chi connectivity index (χ4n) is 3.05. The van der Waals surface area contributed by atoms with Crippen molar-refractivity contribution in [3.05, 3.63) is 58.9 Å². The number of unbranched alkanes of at least 4 members (excludes halogenated alkanes) is 1. The summed E-state index contributed by atoms with van der Waals surface area (Å²) < 4.78 is 42.9. The van der Waals surface area contributed by atoms with Crippen molar-refractivity contribution in [2.24, 2.45) is 0 Å². The van der Waals surface area contributed by atoms with E-state index in [0.29, 0.717) is 34.9 Å². The third-order valence-electron chi connectivity index (χ3n) is 4.32. The molecule has 0 saturated heterocycles. The highest BCUT2D eigenvalue weighted by Gasteiger charge is 2.38. The van der Waals surface area contributed by atoms with Gasteiger partial charge in [-0.05, 0) is 62.3 Å². The van der Waals surface area contributed by atoms with Crippen molar-refractivity contribution >= 4 is 33.2 Å². The summed E-state index contributed by atoms with van der Waals surface area (Å²) in [6.07, 6.45) is 1.56. The topological polar surface area (TPSA) is 52.6 Å². The molecule has 140 valence electrons. The van der Waals surface area contributed by atoms with Gasteiger partial charge in [-0.3, -0.25) is 0 Å². The van der Waals surface area contributed by atoms with Crippen LogP contribution < -0.4 is 9.62 Å². The molecule has 0 atom stereocenters. The normalized spacial score (nSPS) is 16.5. The fourth-order valence-corrected chi connectivity index (χ4v) is 5.04. The molecule has 0 fully saturated rings. The van der Waals surface area contributed by atoms with Gasteiger partial charge in [0.05, 0.1) is 16.4 Å². The van der Waals surface area contributed by atoms with Crippen LogP contribution in [-0.2, 0) is 16.8 Å². The Labute approximate surface area is 158 Å². The Morgan fingerprint density at radius 3 is 2.65 bits per heavy atom. The second kappa shape index (κ2) is 7.92. The maximum absolute atomic E-state index is 13.8. The molecule has 1 aliphatic rings. The molecule has 2 aromatic carbocycles. The highest BCUT2D eigenvalue weighted by atomic mass is 35.5. The van der Waals surface area contributed by atoms with Crippen molar-refractivity contribution in [2.45, 2.75) is 19.4 Å². The molecule has 8 heteroatoms. The first-order valence-electron chi connectivity index (χ1n) is 8.43. The van der Waals surface area contributed by atoms with Gasteiger partial charge in [-0.2, -0.15) is 12.7 Å². The van der Waals surface area contributed by atoms with Gasteiger partial charge in [0.2, 0.25) is 0 Å². The molecule has 0 bridgehead atoms. The molecule has 0 saturated carbocycles. The quantitative estimate of drug-likeness (QED) is 0.756. The first-order valence-corrected chi connectivity index (χ1v) is 10.2. The van der Waals surface area contributed by atoms with E-state index in [4.69, 9.17) is 11.6 Å². The van der Waals surface area contributed by atoms with Gasteiger partial charge in [0.15, 0.2) is 0 Å². The highest BCUT2D eigenvalue weighted by molar-refractivity contribution is 7.91. The highest BCUT2D eigenvalue weighted by Crippen LogP contribution is 2.41. The number of rotatable bonds is 6. The number of anilines is 2. The van der Waals surface area contributed by atoms with E-state index in [2.05, 4.69) is 5.32 Å². The lowest BCUT2D eigenvalue weighted by molar-refractivity contribution is 0.388. The van der Waals surface area contributed by atoms with E-state index >= 15 is 0 Å². The first kappa shape index (κ1) is 19.1. The lowest BCUT2D eigenvalue weighted by Crippen LogP contribution is -2.45. The molecule has 1 N–H and O–H groups in total. The second-order valence-electron chi connectivity index (χ2n) is 6.14. The van der Waals surface area contributed by atoms with Gasteiger partial charge in [-0.25, -0.2) is 8.70 Å². The van der Waals surface area contributed by atoms with Crippen LogP contribution in [0.4, 0.5) is 15.8 Å². The molecule has 0 aliphatic carbocycles. The molecule has 0 amide bonds. The Morgan fingerprint density at radius 1 is 1.15 bits per heavy atom. The summed E-state index contributed by atoms with van der Waals surface area (Å²) in [6.45, 7) is 1.32. The van der Waals surface area contributed by atoms with E-state index < -0.39 is 16.0 Å². The lowest BCUT2D eigenvalue weighted by atomic mass is 10.1. The van der Waals surface area contributed by atoms with Crippen LogP contribution in [0.15, 0.2) is 42.5 Å². The zero-order valence-electron chi connectivity index (χ0n) is 14.5. The van der Waals surface area contributed by atoms with Gasteiger partial charge in [0.25, 0.3) is 0 Å². The monoisotopic (exact) mass is 397 g/mol. The summed E-state index contributed by atoms with van der Waals surface area (Å²) in [5, 5.41) is 3.37. The average Bonchev–Trinajstić information content (AvgIpc) is 2.60. The predicted molar refractivity (Wildman–Crippen MR) is 102 cm³/mol. The van der Waals surface area contributed by atoms with Crippen LogP contribution in [-0.4, -0.2) is 32.9 Å². The SMILES string of the molecule is CNCCCCN1Cc2cc(F)ccc2N(c2ccccc2Cl)S1(=O)=O. The number of halogens is 2. The van der Waals surface area contributed by atoms with Crippen LogP contribution in [0.1, 0.15) is 18.4 Å². The Kier molecular flexibility index (Phi) is 5.82. The summed E-state index contributed by atoms with van der Waals surface area (Å²) >= 11 is 6.27. The van der Waals surface area contributed by atoms with E-state index in [1.54, 1.807) is 24.3 Å². The van der Waals surface area contributed by atoms with Gasteiger partial charge in [-0.15, -0.1) is 0 Å². The summed E-state index contributed by atoms with van der Waals surface area (Å²) in [5.74, 6) is -0.391. The van der Waals surface area contributed by atoms with Crippen molar-refractivity contribution in [3.8, 4) is 0 Å². The number of fused-ring (bicyclic) bond motifs is 1. The average molecular weight is 398 g/mol. The van der Waals surface area contributed by atoms with Crippen molar-refractivity contribution < 1.29 is 12.8 Å². The van der Waals surface area contributed by atoms with E-state index in [9.17, 15) is 12.8 Å². The van der Waals surface area contributed by atoms with Gasteiger partial charge in [0, 0.05) is 13.1 Å². The van der Waals surface area contributed by atoms with Crippen LogP contribution in [0, 0.1) is 5.82 Å². The Morgan fingerprint density at radius 2 is 1.92 bits per heavy atom. The zero-order chi connectivity index (χ0) is 18.7. The fraction of sp³-hybridized carbons (Fsp3) is 0.333. The smallest absolute Gasteiger partial charge is 0.308 e. The van der Waals surface area contributed by atoms with Crippen LogP contribution >= 0.6 is 11.6 Å². The molecular formula is C18H21ClFN3O2S. The van der Waals surface area contributed by atoms with Crippen LogP contribution in [0.5, 0.6) is 0 Å². The van der Waals surface area contributed by atoms with Gasteiger partial charge in [0.1, 0.15) is 5.82 Å². The summed E-state index contributed by atoms with van der Waals surface area (Å²) in [7, 11) is -1.96. The maximum Gasteiger partial charge on any atom is 0.308 e. The van der Waals surface area contributed by atoms with Crippen molar-refractivity contribution in [2.75, 3.05) is 24.4 Å². The first-order chi connectivity index (χ1) is 12.4. The van der Waals surface area contributed by atoms with E-state index in [0.717, 1.165) is 13.0 Å².